The Morgan fingerprint density at radius 2 is 2.00 bits per heavy atom. The van der Waals surface area contributed by atoms with E-state index in [-0.39, 0.29) is 0 Å². The van der Waals surface area contributed by atoms with Crippen LogP contribution in [0.5, 0.6) is 0 Å². The predicted octanol–water partition coefficient (Wildman–Crippen LogP) is 3.66. The molecule has 0 amide bonds. The van der Waals surface area contributed by atoms with Gasteiger partial charge in [-0.1, -0.05) is 37.4 Å². The van der Waals surface area contributed by atoms with Gasteiger partial charge < -0.3 is 0 Å². The van der Waals surface area contributed by atoms with Gasteiger partial charge in [-0.25, -0.2) is 0 Å². The van der Waals surface area contributed by atoms with Gasteiger partial charge in [0.25, 0.3) is 0 Å². The van der Waals surface area contributed by atoms with Crippen molar-refractivity contribution in [2.45, 2.75) is 13.8 Å². The molecule has 0 aliphatic rings. The van der Waals surface area contributed by atoms with Crippen LogP contribution in [0.15, 0.2) is 43.2 Å². The highest BCUT2D eigenvalue weighted by molar-refractivity contribution is 5.73. The first-order valence-electron chi connectivity index (χ1n) is 4.29. The molecule has 0 unspecified atom stereocenters. The number of hydrogen-bond acceptors (Lipinski definition) is 0. The Balaban J connectivity index is 3.25. The fourth-order valence-electron chi connectivity index (χ4n) is 1.20. The van der Waals surface area contributed by atoms with E-state index in [0.717, 1.165) is 11.1 Å². The molecule has 0 saturated heterocycles. The highest BCUT2D eigenvalue weighted by Crippen LogP contribution is 2.17. The average molecular weight is 170 g/mol. The van der Waals surface area contributed by atoms with Crippen molar-refractivity contribution in [2.24, 2.45) is 0 Å². The van der Waals surface area contributed by atoms with Crippen LogP contribution < -0.4 is 0 Å². The molecular formula is C13H14. The van der Waals surface area contributed by atoms with Gasteiger partial charge in [0.2, 0.25) is 0 Å². The van der Waals surface area contributed by atoms with Gasteiger partial charge in [0, 0.05) is 5.57 Å². The van der Waals surface area contributed by atoms with E-state index in [9.17, 15) is 0 Å². The van der Waals surface area contributed by atoms with Crippen molar-refractivity contribution in [1.29, 1.82) is 0 Å². The summed E-state index contributed by atoms with van der Waals surface area (Å²) in [5.41, 5.74) is 7.54. The predicted molar refractivity (Wildman–Crippen MR) is 58.7 cm³/mol. The van der Waals surface area contributed by atoms with Crippen LogP contribution in [0, 0.1) is 13.8 Å². The van der Waals surface area contributed by atoms with Gasteiger partial charge in [-0.15, -0.1) is 5.73 Å². The first kappa shape index (κ1) is 9.57. The first-order valence-corrected chi connectivity index (χ1v) is 4.29. The maximum absolute atomic E-state index is 3.72. The minimum Gasteiger partial charge on any atom is -0.120 e. The Morgan fingerprint density at radius 1 is 1.31 bits per heavy atom. The standard InChI is InChI=1S/C13H14/c1-5-12(6-2)13-8-7-10(3)11(4)9-13/h5,7-9H,1-2H2,3-4H3. The first-order chi connectivity index (χ1) is 6.19. The van der Waals surface area contributed by atoms with E-state index < -0.39 is 0 Å². The van der Waals surface area contributed by atoms with Crippen LogP contribution in [0.1, 0.15) is 16.7 Å². The maximum Gasteiger partial charge on any atom is 0.0225 e. The van der Waals surface area contributed by atoms with Gasteiger partial charge in [-0.3, -0.25) is 0 Å². The third-order valence-electron chi connectivity index (χ3n) is 2.21. The van der Waals surface area contributed by atoms with Crippen molar-refractivity contribution in [2.75, 3.05) is 0 Å². The lowest BCUT2D eigenvalue weighted by molar-refractivity contribution is 1.33. The lowest BCUT2D eigenvalue weighted by Gasteiger charge is -2.03. The summed E-state index contributed by atoms with van der Waals surface area (Å²) in [6.07, 6.45) is 1.77. The Labute approximate surface area is 79.9 Å². The molecule has 0 atom stereocenters. The Bertz CT molecular complexity index is 377. The van der Waals surface area contributed by atoms with Crippen molar-refractivity contribution >= 4 is 5.57 Å². The van der Waals surface area contributed by atoms with Crippen LogP contribution in [-0.2, 0) is 0 Å². The fraction of sp³-hybridized carbons (Fsp3) is 0.154. The molecule has 13 heavy (non-hydrogen) atoms. The third-order valence-corrected chi connectivity index (χ3v) is 2.21. The molecule has 0 aliphatic carbocycles. The SMILES string of the molecule is C=C=C(C=C)c1ccc(C)c(C)c1. The van der Waals surface area contributed by atoms with Crippen molar-refractivity contribution in [3.05, 3.63) is 59.9 Å². The van der Waals surface area contributed by atoms with Gasteiger partial charge in [-0.2, -0.15) is 0 Å². The largest absolute Gasteiger partial charge is 0.120 e. The third kappa shape index (κ3) is 1.99. The van der Waals surface area contributed by atoms with Gasteiger partial charge >= 0.3 is 0 Å². The molecule has 0 fully saturated rings. The van der Waals surface area contributed by atoms with Gasteiger partial charge in [0.15, 0.2) is 0 Å². The summed E-state index contributed by atoms with van der Waals surface area (Å²) in [5, 5.41) is 0. The second-order valence-corrected chi connectivity index (χ2v) is 3.09. The quantitative estimate of drug-likeness (QED) is 0.469. The molecule has 0 spiro atoms. The zero-order valence-electron chi connectivity index (χ0n) is 8.22. The fourth-order valence-corrected chi connectivity index (χ4v) is 1.20. The highest BCUT2D eigenvalue weighted by Gasteiger charge is 1.98. The summed E-state index contributed by atoms with van der Waals surface area (Å²) >= 11 is 0. The summed E-state index contributed by atoms with van der Waals surface area (Å²) in [5.74, 6) is 0. The molecule has 1 aromatic rings. The Hall–Kier alpha value is -1.52. The summed E-state index contributed by atoms with van der Waals surface area (Å²) in [7, 11) is 0. The molecule has 0 aliphatic heterocycles. The second kappa shape index (κ2) is 3.93. The summed E-state index contributed by atoms with van der Waals surface area (Å²) in [6.45, 7) is 11.5. The molecule has 0 saturated carbocycles. The minimum absolute atomic E-state index is 0.961. The van der Waals surface area contributed by atoms with E-state index in [0.29, 0.717) is 0 Å². The van der Waals surface area contributed by atoms with Crippen LogP contribution in [0.25, 0.3) is 5.57 Å². The zero-order chi connectivity index (χ0) is 9.84. The maximum atomic E-state index is 3.72. The number of aryl methyl sites for hydroxylation is 2. The van der Waals surface area contributed by atoms with E-state index in [1.165, 1.54) is 11.1 Å². The van der Waals surface area contributed by atoms with Gasteiger partial charge in [0.1, 0.15) is 0 Å². The minimum atomic E-state index is 0.961. The molecule has 66 valence electrons. The topological polar surface area (TPSA) is 0 Å². The molecule has 0 heterocycles. The summed E-state index contributed by atoms with van der Waals surface area (Å²) < 4.78 is 0. The van der Waals surface area contributed by atoms with Crippen molar-refractivity contribution < 1.29 is 0 Å². The van der Waals surface area contributed by atoms with E-state index >= 15 is 0 Å². The number of benzene rings is 1. The van der Waals surface area contributed by atoms with Crippen molar-refractivity contribution in [1.82, 2.24) is 0 Å². The number of allylic oxidation sites excluding steroid dienone is 2. The van der Waals surface area contributed by atoms with Crippen LogP contribution in [0.3, 0.4) is 0 Å². The second-order valence-electron chi connectivity index (χ2n) is 3.09. The lowest BCUT2D eigenvalue weighted by Crippen LogP contribution is -1.84. The molecule has 1 aromatic carbocycles. The number of rotatable bonds is 2. The van der Waals surface area contributed by atoms with Crippen LogP contribution in [0.2, 0.25) is 0 Å². The van der Waals surface area contributed by atoms with Crippen LogP contribution >= 0.6 is 0 Å². The number of hydrogen-bond donors (Lipinski definition) is 0. The summed E-state index contributed by atoms with van der Waals surface area (Å²) in [4.78, 5) is 0. The van der Waals surface area contributed by atoms with Gasteiger partial charge in [-0.05, 0) is 30.5 Å². The monoisotopic (exact) mass is 170 g/mol. The summed E-state index contributed by atoms with van der Waals surface area (Å²) in [6, 6.07) is 6.30. The van der Waals surface area contributed by atoms with E-state index in [4.69, 9.17) is 0 Å². The van der Waals surface area contributed by atoms with Crippen LogP contribution in [-0.4, -0.2) is 0 Å². The van der Waals surface area contributed by atoms with Crippen molar-refractivity contribution in [3.63, 3.8) is 0 Å². The van der Waals surface area contributed by atoms with E-state index in [1.807, 2.05) is 0 Å². The van der Waals surface area contributed by atoms with Gasteiger partial charge in [0.05, 0.1) is 0 Å². The van der Waals surface area contributed by atoms with E-state index in [2.05, 4.69) is 50.9 Å². The molecule has 0 N–H and O–H groups in total. The lowest BCUT2D eigenvalue weighted by atomic mass is 10.0. The Kier molecular flexibility index (Phi) is 2.89. The van der Waals surface area contributed by atoms with E-state index in [1.54, 1.807) is 6.08 Å². The normalized spacial score (nSPS) is 9.08. The molecule has 0 heteroatoms. The highest BCUT2D eigenvalue weighted by atomic mass is 14.0. The van der Waals surface area contributed by atoms with Crippen molar-refractivity contribution in [3.8, 4) is 0 Å². The smallest absolute Gasteiger partial charge is 0.0225 e. The molecular weight excluding hydrogens is 156 g/mol. The molecule has 0 bridgehead atoms. The Morgan fingerprint density at radius 3 is 2.46 bits per heavy atom. The zero-order valence-corrected chi connectivity index (χ0v) is 8.22. The molecule has 0 radical (unpaired) electrons. The molecule has 0 nitrogen and oxygen atoms in total. The molecule has 1 rings (SSSR count). The average Bonchev–Trinajstić information content (AvgIpc) is 2.13. The van der Waals surface area contributed by atoms with Crippen LogP contribution in [0.4, 0.5) is 0 Å². The molecule has 0 aromatic heterocycles.